The molecular weight excluding hydrogens is 310 g/mol. The van der Waals surface area contributed by atoms with Gasteiger partial charge in [0.15, 0.2) is 0 Å². The molecule has 8 heteroatoms. The van der Waals surface area contributed by atoms with E-state index in [1.165, 1.54) is 6.07 Å². The zero-order valence-electron chi connectivity index (χ0n) is 13.6. The van der Waals surface area contributed by atoms with Gasteiger partial charge in [-0.1, -0.05) is 0 Å². The van der Waals surface area contributed by atoms with Gasteiger partial charge >= 0.3 is 0 Å². The SMILES string of the molecule is Cc1nc([C@@H]2CN(C(=O)CCCn3ccnc3)CCO2)cc(=O)[nH]1. The van der Waals surface area contributed by atoms with Gasteiger partial charge in [0.2, 0.25) is 5.91 Å². The lowest BCUT2D eigenvalue weighted by Crippen LogP contribution is -2.42. The third kappa shape index (κ3) is 4.08. The van der Waals surface area contributed by atoms with Crippen molar-refractivity contribution in [3.8, 4) is 0 Å². The number of amides is 1. The number of carbonyl (C=O) groups excluding carboxylic acids is 1. The van der Waals surface area contributed by atoms with Gasteiger partial charge in [-0.15, -0.1) is 0 Å². The number of carbonyl (C=O) groups is 1. The smallest absolute Gasteiger partial charge is 0.251 e. The summed E-state index contributed by atoms with van der Waals surface area (Å²) in [5.41, 5.74) is 0.372. The predicted octanol–water partition coefficient (Wildman–Crippen LogP) is 0.655. The largest absolute Gasteiger partial charge is 0.368 e. The van der Waals surface area contributed by atoms with Crippen LogP contribution >= 0.6 is 0 Å². The van der Waals surface area contributed by atoms with E-state index in [1.807, 2.05) is 10.8 Å². The maximum atomic E-state index is 12.4. The maximum absolute atomic E-state index is 12.4. The Morgan fingerprint density at radius 2 is 2.38 bits per heavy atom. The Bertz CT molecular complexity index is 740. The summed E-state index contributed by atoms with van der Waals surface area (Å²) >= 11 is 0. The maximum Gasteiger partial charge on any atom is 0.251 e. The Morgan fingerprint density at radius 1 is 1.50 bits per heavy atom. The Labute approximate surface area is 139 Å². The molecule has 1 fully saturated rings. The van der Waals surface area contributed by atoms with Crippen LogP contribution in [0.3, 0.4) is 0 Å². The lowest BCUT2D eigenvalue weighted by Gasteiger charge is -2.32. The molecule has 24 heavy (non-hydrogen) atoms. The Morgan fingerprint density at radius 3 is 3.12 bits per heavy atom. The summed E-state index contributed by atoms with van der Waals surface area (Å²) in [6, 6.07) is 1.44. The third-order valence-corrected chi connectivity index (χ3v) is 4.00. The summed E-state index contributed by atoms with van der Waals surface area (Å²) in [5.74, 6) is 0.648. The van der Waals surface area contributed by atoms with E-state index in [1.54, 1.807) is 24.3 Å². The second-order valence-corrected chi connectivity index (χ2v) is 5.86. The number of H-pyrrole nitrogens is 1. The first kappa shape index (κ1) is 16.4. The van der Waals surface area contributed by atoms with E-state index in [0.717, 1.165) is 13.0 Å². The van der Waals surface area contributed by atoms with Crippen molar-refractivity contribution in [3.63, 3.8) is 0 Å². The van der Waals surface area contributed by atoms with Crippen molar-refractivity contribution in [1.29, 1.82) is 0 Å². The highest BCUT2D eigenvalue weighted by atomic mass is 16.5. The molecule has 0 aliphatic carbocycles. The molecule has 3 rings (SSSR count). The van der Waals surface area contributed by atoms with Crippen LogP contribution in [0.25, 0.3) is 0 Å². The predicted molar refractivity (Wildman–Crippen MR) is 86.3 cm³/mol. The number of nitrogens with one attached hydrogen (secondary N) is 1. The number of rotatable bonds is 5. The number of hydrogen-bond donors (Lipinski definition) is 1. The summed E-state index contributed by atoms with van der Waals surface area (Å²) in [4.78, 5) is 36.7. The van der Waals surface area contributed by atoms with E-state index in [0.29, 0.717) is 37.6 Å². The zero-order valence-corrected chi connectivity index (χ0v) is 13.6. The zero-order chi connectivity index (χ0) is 16.9. The summed E-state index contributed by atoms with van der Waals surface area (Å²) in [6.45, 7) is 3.95. The van der Waals surface area contributed by atoms with Crippen LogP contribution in [0.15, 0.2) is 29.6 Å². The fourth-order valence-electron chi connectivity index (χ4n) is 2.81. The second-order valence-electron chi connectivity index (χ2n) is 5.86. The van der Waals surface area contributed by atoms with Crippen LogP contribution in [0.5, 0.6) is 0 Å². The highest BCUT2D eigenvalue weighted by Crippen LogP contribution is 2.20. The molecule has 3 heterocycles. The molecule has 2 aromatic rings. The van der Waals surface area contributed by atoms with Crippen LogP contribution in [-0.2, 0) is 16.1 Å². The van der Waals surface area contributed by atoms with Crippen LogP contribution in [0, 0.1) is 6.92 Å². The van der Waals surface area contributed by atoms with Crippen LogP contribution in [0.1, 0.15) is 30.5 Å². The first-order valence-corrected chi connectivity index (χ1v) is 8.05. The molecule has 128 valence electrons. The summed E-state index contributed by atoms with van der Waals surface area (Å²) < 4.78 is 7.65. The standard InChI is InChI=1S/C16H21N5O3/c1-12-18-13(9-15(22)19-12)14-10-21(7-8-24-14)16(23)3-2-5-20-6-4-17-11-20/h4,6,9,11,14H,2-3,5,7-8,10H2,1H3,(H,18,19,22)/t14-/m0/s1. The van der Waals surface area contributed by atoms with Gasteiger partial charge in [-0.2, -0.15) is 0 Å². The minimum atomic E-state index is -0.350. The van der Waals surface area contributed by atoms with Gasteiger partial charge < -0.3 is 19.2 Å². The molecule has 0 unspecified atom stereocenters. The quantitative estimate of drug-likeness (QED) is 0.868. The van der Waals surface area contributed by atoms with Gasteiger partial charge in [0.05, 0.1) is 25.2 Å². The Hall–Kier alpha value is -2.48. The second kappa shape index (κ2) is 7.39. The van der Waals surface area contributed by atoms with Crippen molar-refractivity contribution in [2.75, 3.05) is 19.7 Å². The average Bonchev–Trinajstić information content (AvgIpc) is 3.07. The minimum absolute atomic E-state index is 0.102. The van der Waals surface area contributed by atoms with Crippen molar-refractivity contribution in [1.82, 2.24) is 24.4 Å². The molecule has 0 spiro atoms. The van der Waals surface area contributed by atoms with E-state index in [-0.39, 0.29) is 17.6 Å². The summed E-state index contributed by atoms with van der Waals surface area (Å²) in [7, 11) is 0. The van der Waals surface area contributed by atoms with Crippen molar-refractivity contribution >= 4 is 5.91 Å². The molecule has 1 amide bonds. The normalized spacial score (nSPS) is 17.9. The molecule has 1 aliphatic heterocycles. The van der Waals surface area contributed by atoms with Crippen LogP contribution in [-0.4, -0.2) is 50.0 Å². The monoisotopic (exact) mass is 331 g/mol. The number of aromatic amines is 1. The van der Waals surface area contributed by atoms with Gasteiger partial charge in [-0.3, -0.25) is 9.59 Å². The van der Waals surface area contributed by atoms with Crippen molar-refractivity contribution in [2.45, 2.75) is 32.4 Å². The van der Waals surface area contributed by atoms with Crippen molar-refractivity contribution in [2.24, 2.45) is 0 Å². The molecule has 1 saturated heterocycles. The molecule has 1 atom stereocenters. The molecule has 0 aromatic carbocycles. The Kier molecular flexibility index (Phi) is 5.05. The van der Waals surface area contributed by atoms with E-state index in [4.69, 9.17) is 4.74 Å². The van der Waals surface area contributed by atoms with Crippen LogP contribution < -0.4 is 5.56 Å². The number of imidazole rings is 1. The van der Waals surface area contributed by atoms with Gasteiger partial charge in [-0.05, 0) is 13.3 Å². The van der Waals surface area contributed by atoms with Crippen LogP contribution in [0.4, 0.5) is 0 Å². The summed E-state index contributed by atoms with van der Waals surface area (Å²) in [6.07, 6.45) is 6.25. The average molecular weight is 331 g/mol. The highest BCUT2D eigenvalue weighted by Gasteiger charge is 2.26. The molecule has 0 radical (unpaired) electrons. The number of ether oxygens (including phenoxy) is 1. The van der Waals surface area contributed by atoms with E-state index < -0.39 is 0 Å². The van der Waals surface area contributed by atoms with E-state index in [2.05, 4.69) is 15.0 Å². The molecule has 8 nitrogen and oxygen atoms in total. The number of nitrogens with zero attached hydrogens (tertiary/aromatic N) is 4. The number of aryl methyl sites for hydroxylation is 2. The Balaban J connectivity index is 1.56. The lowest BCUT2D eigenvalue weighted by molar-refractivity contribution is -0.139. The van der Waals surface area contributed by atoms with Gasteiger partial charge in [0.1, 0.15) is 11.9 Å². The third-order valence-electron chi connectivity index (χ3n) is 4.00. The molecule has 1 N–H and O–H groups in total. The summed E-state index contributed by atoms with van der Waals surface area (Å²) in [5, 5.41) is 0. The number of hydrogen-bond acceptors (Lipinski definition) is 5. The fourth-order valence-corrected chi connectivity index (χ4v) is 2.81. The number of aromatic nitrogens is 4. The number of morpholine rings is 1. The first-order chi connectivity index (χ1) is 11.6. The minimum Gasteiger partial charge on any atom is -0.368 e. The van der Waals surface area contributed by atoms with E-state index in [9.17, 15) is 9.59 Å². The highest BCUT2D eigenvalue weighted by molar-refractivity contribution is 5.76. The molecular formula is C16H21N5O3. The van der Waals surface area contributed by atoms with Crippen molar-refractivity contribution in [3.05, 3.63) is 46.7 Å². The molecule has 0 saturated carbocycles. The topological polar surface area (TPSA) is 93.1 Å². The van der Waals surface area contributed by atoms with Crippen LogP contribution in [0.2, 0.25) is 0 Å². The molecule has 1 aliphatic rings. The van der Waals surface area contributed by atoms with Gasteiger partial charge in [-0.25, -0.2) is 9.97 Å². The van der Waals surface area contributed by atoms with Gasteiger partial charge in [0, 0.05) is 38.0 Å². The molecule has 0 bridgehead atoms. The fraction of sp³-hybridized carbons (Fsp3) is 0.500. The van der Waals surface area contributed by atoms with Gasteiger partial charge in [0.25, 0.3) is 5.56 Å². The van der Waals surface area contributed by atoms with Crippen molar-refractivity contribution < 1.29 is 9.53 Å². The molecule has 2 aromatic heterocycles. The van der Waals surface area contributed by atoms with E-state index >= 15 is 0 Å². The lowest BCUT2D eigenvalue weighted by atomic mass is 10.1. The first-order valence-electron chi connectivity index (χ1n) is 8.05.